The monoisotopic (exact) mass is 214 g/mol. The van der Waals surface area contributed by atoms with Crippen LogP contribution in [-0.4, -0.2) is 6.54 Å². The van der Waals surface area contributed by atoms with Crippen molar-refractivity contribution in [3.05, 3.63) is 35.4 Å². The average molecular weight is 214 g/mol. The zero-order valence-electron chi connectivity index (χ0n) is 8.55. The molecule has 0 radical (unpaired) electrons. The highest BCUT2D eigenvalue weighted by molar-refractivity contribution is 5.22. The van der Waals surface area contributed by atoms with Crippen LogP contribution in [0.15, 0.2) is 18.2 Å². The van der Waals surface area contributed by atoms with E-state index in [1.165, 1.54) is 18.2 Å². The number of hydrogen-bond acceptors (Lipinski definition) is 2. The van der Waals surface area contributed by atoms with Gasteiger partial charge in [-0.15, -0.1) is 0 Å². The lowest BCUT2D eigenvalue weighted by Gasteiger charge is -2.13. The Labute approximate surface area is 88.3 Å². The molecule has 0 saturated carbocycles. The standard InChI is InChI=1S/C11H16F2N2/c12-8-4-3-5-9(13)11(8)10(15)6-1-2-7-14/h3-5,10H,1-2,6-7,14-15H2/t10-/m0/s1. The van der Waals surface area contributed by atoms with E-state index in [0.29, 0.717) is 13.0 Å². The minimum Gasteiger partial charge on any atom is -0.330 e. The zero-order chi connectivity index (χ0) is 11.3. The van der Waals surface area contributed by atoms with Crippen molar-refractivity contribution in [2.45, 2.75) is 25.3 Å². The molecule has 0 aliphatic carbocycles. The maximum absolute atomic E-state index is 13.3. The van der Waals surface area contributed by atoms with Gasteiger partial charge < -0.3 is 11.5 Å². The summed E-state index contributed by atoms with van der Waals surface area (Å²) in [5, 5.41) is 0. The lowest BCUT2D eigenvalue weighted by molar-refractivity contribution is 0.500. The SMILES string of the molecule is NCCCC[C@H](N)c1c(F)cccc1F. The molecule has 1 rings (SSSR count). The summed E-state index contributed by atoms with van der Waals surface area (Å²) < 4.78 is 26.5. The fourth-order valence-electron chi connectivity index (χ4n) is 1.52. The number of rotatable bonds is 5. The van der Waals surface area contributed by atoms with Gasteiger partial charge in [0.1, 0.15) is 11.6 Å². The summed E-state index contributed by atoms with van der Waals surface area (Å²) in [6, 6.07) is 3.20. The summed E-state index contributed by atoms with van der Waals surface area (Å²) in [7, 11) is 0. The van der Waals surface area contributed by atoms with E-state index in [1.54, 1.807) is 0 Å². The summed E-state index contributed by atoms with van der Waals surface area (Å²) in [5.74, 6) is -1.15. The second-order valence-electron chi connectivity index (χ2n) is 3.53. The predicted octanol–water partition coefficient (Wildman–Crippen LogP) is 2.09. The Morgan fingerprint density at radius 2 is 1.73 bits per heavy atom. The van der Waals surface area contributed by atoms with Gasteiger partial charge in [-0.25, -0.2) is 8.78 Å². The molecule has 2 nitrogen and oxygen atoms in total. The van der Waals surface area contributed by atoms with Crippen molar-refractivity contribution in [3.63, 3.8) is 0 Å². The van der Waals surface area contributed by atoms with Gasteiger partial charge in [-0.05, 0) is 31.5 Å². The van der Waals surface area contributed by atoms with Crippen LogP contribution >= 0.6 is 0 Å². The highest BCUT2D eigenvalue weighted by atomic mass is 19.1. The van der Waals surface area contributed by atoms with Crippen LogP contribution in [0.5, 0.6) is 0 Å². The van der Waals surface area contributed by atoms with E-state index in [0.717, 1.165) is 12.8 Å². The molecule has 0 unspecified atom stereocenters. The van der Waals surface area contributed by atoms with Crippen LogP contribution in [0.25, 0.3) is 0 Å². The third kappa shape index (κ3) is 3.25. The minimum absolute atomic E-state index is 0.0190. The number of halogens is 2. The molecule has 0 aliphatic heterocycles. The molecular formula is C11H16F2N2. The van der Waals surface area contributed by atoms with Crippen LogP contribution in [-0.2, 0) is 0 Å². The Morgan fingerprint density at radius 1 is 1.13 bits per heavy atom. The predicted molar refractivity (Wildman–Crippen MR) is 56.2 cm³/mol. The molecule has 0 fully saturated rings. The van der Waals surface area contributed by atoms with Crippen molar-refractivity contribution in [2.75, 3.05) is 6.54 Å². The lowest BCUT2D eigenvalue weighted by Crippen LogP contribution is -2.14. The van der Waals surface area contributed by atoms with E-state index in [2.05, 4.69) is 0 Å². The van der Waals surface area contributed by atoms with Crippen LogP contribution in [0.2, 0.25) is 0 Å². The van der Waals surface area contributed by atoms with Crippen molar-refractivity contribution in [2.24, 2.45) is 11.5 Å². The van der Waals surface area contributed by atoms with Gasteiger partial charge in [0, 0.05) is 11.6 Å². The fraction of sp³-hybridized carbons (Fsp3) is 0.455. The van der Waals surface area contributed by atoms with Gasteiger partial charge in [0.25, 0.3) is 0 Å². The second-order valence-corrected chi connectivity index (χ2v) is 3.53. The first kappa shape index (κ1) is 12.1. The number of nitrogens with two attached hydrogens (primary N) is 2. The molecule has 84 valence electrons. The largest absolute Gasteiger partial charge is 0.330 e. The third-order valence-electron chi connectivity index (χ3n) is 2.34. The fourth-order valence-corrected chi connectivity index (χ4v) is 1.52. The van der Waals surface area contributed by atoms with Crippen molar-refractivity contribution < 1.29 is 8.78 Å². The van der Waals surface area contributed by atoms with Gasteiger partial charge in [-0.1, -0.05) is 12.5 Å². The number of unbranched alkanes of at least 4 members (excludes halogenated alkanes) is 1. The molecule has 0 heterocycles. The smallest absolute Gasteiger partial charge is 0.130 e. The Hall–Kier alpha value is -1.00. The molecule has 1 atom stereocenters. The summed E-state index contributed by atoms with van der Waals surface area (Å²) in [5.41, 5.74) is 11.0. The second kappa shape index (κ2) is 5.78. The average Bonchev–Trinajstić information content (AvgIpc) is 2.18. The summed E-state index contributed by atoms with van der Waals surface area (Å²) in [4.78, 5) is 0. The molecule has 0 aliphatic rings. The van der Waals surface area contributed by atoms with E-state index >= 15 is 0 Å². The molecule has 0 spiro atoms. The van der Waals surface area contributed by atoms with Gasteiger partial charge in [-0.3, -0.25) is 0 Å². The van der Waals surface area contributed by atoms with Crippen LogP contribution < -0.4 is 11.5 Å². The van der Waals surface area contributed by atoms with Gasteiger partial charge in [0.05, 0.1) is 0 Å². The molecule has 4 heteroatoms. The van der Waals surface area contributed by atoms with E-state index in [9.17, 15) is 8.78 Å². The van der Waals surface area contributed by atoms with Crippen molar-refractivity contribution in [1.82, 2.24) is 0 Å². The van der Waals surface area contributed by atoms with Crippen molar-refractivity contribution in [1.29, 1.82) is 0 Å². The maximum atomic E-state index is 13.3. The van der Waals surface area contributed by atoms with E-state index < -0.39 is 17.7 Å². The quantitative estimate of drug-likeness (QED) is 0.737. The van der Waals surface area contributed by atoms with E-state index in [1.807, 2.05) is 0 Å². The number of hydrogen-bond donors (Lipinski definition) is 2. The lowest BCUT2D eigenvalue weighted by atomic mass is 10.0. The molecule has 1 aromatic rings. The third-order valence-corrected chi connectivity index (χ3v) is 2.34. The molecule has 15 heavy (non-hydrogen) atoms. The van der Waals surface area contributed by atoms with E-state index in [-0.39, 0.29) is 5.56 Å². The van der Waals surface area contributed by atoms with Crippen LogP contribution in [0.4, 0.5) is 8.78 Å². The molecule has 1 aromatic carbocycles. The van der Waals surface area contributed by atoms with Gasteiger partial charge >= 0.3 is 0 Å². The van der Waals surface area contributed by atoms with Crippen molar-refractivity contribution in [3.8, 4) is 0 Å². The van der Waals surface area contributed by atoms with Crippen LogP contribution in [0, 0.1) is 11.6 Å². The first-order chi connectivity index (χ1) is 7.16. The van der Waals surface area contributed by atoms with Crippen LogP contribution in [0.1, 0.15) is 30.9 Å². The van der Waals surface area contributed by atoms with Crippen molar-refractivity contribution >= 4 is 0 Å². The Morgan fingerprint density at radius 3 is 2.27 bits per heavy atom. The Bertz CT molecular complexity index is 295. The zero-order valence-corrected chi connectivity index (χ0v) is 8.55. The summed E-state index contributed by atoms with van der Waals surface area (Å²) in [6.07, 6.45) is 2.16. The maximum Gasteiger partial charge on any atom is 0.130 e. The highest BCUT2D eigenvalue weighted by Crippen LogP contribution is 2.22. The molecule has 0 amide bonds. The van der Waals surface area contributed by atoms with Gasteiger partial charge in [0.15, 0.2) is 0 Å². The highest BCUT2D eigenvalue weighted by Gasteiger charge is 2.15. The molecular weight excluding hydrogens is 198 g/mol. The topological polar surface area (TPSA) is 52.0 Å². The van der Waals surface area contributed by atoms with Gasteiger partial charge in [0.2, 0.25) is 0 Å². The molecule has 4 N–H and O–H groups in total. The van der Waals surface area contributed by atoms with Crippen LogP contribution in [0.3, 0.4) is 0 Å². The molecule has 0 aromatic heterocycles. The molecule has 0 saturated heterocycles. The van der Waals surface area contributed by atoms with E-state index in [4.69, 9.17) is 11.5 Å². The first-order valence-electron chi connectivity index (χ1n) is 5.06. The van der Waals surface area contributed by atoms with Gasteiger partial charge in [-0.2, -0.15) is 0 Å². The Balaban J connectivity index is 2.68. The summed E-state index contributed by atoms with van der Waals surface area (Å²) in [6.45, 7) is 0.576. The first-order valence-corrected chi connectivity index (χ1v) is 5.06. The summed E-state index contributed by atoms with van der Waals surface area (Å²) >= 11 is 0. The molecule has 0 bridgehead atoms. The number of benzene rings is 1. The Kier molecular flexibility index (Phi) is 4.65. The minimum atomic E-state index is -0.585. The normalized spacial score (nSPS) is 12.8.